The Morgan fingerprint density at radius 2 is 1.85 bits per heavy atom. The van der Waals surface area contributed by atoms with E-state index in [2.05, 4.69) is 0 Å². The number of benzene rings is 1. The van der Waals surface area contributed by atoms with Gasteiger partial charge in [0.15, 0.2) is 6.23 Å². The molecule has 1 saturated heterocycles. The van der Waals surface area contributed by atoms with Crippen molar-refractivity contribution in [1.29, 1.82) is 0 Å². The second-order valence-corrected chi connectivity index (χ2v) is 6.40. The van der Waals surface area contributed by atoms with Crippen LogP contribution in [0.2, 0.25) is 0 Å². The average molecular weight is 362 g/mol. The molecule has 1 unspecified atom stereocenters. The van der Waals surface area contributed by atoms with E-state index >= 15 is 0 Å². The van der Waals surface area contributed by atoms with Gasteiger partial charge in [0.05, 0.1) is 6.61 Å². The number of aliphatic hydroxyl groups excluding tert-OH is 3. The second-order valence-electron chi connectivity index (χ2n) is 6.40. The van der Waals surface area contributed by atoms with Gasteiger partial charge in [0.1, 0.15) is 18.3 Å². The molecule has 1 aliphatic rings. The van der Waals surface area contributed by atoms with E-state index in [1.807, 2.05) is 31.2 Å². The van der Waals surface area contributed by atoms with Gasteiger partial charge >= 0.3 is 5.69 Å². The Morgan fingerprint density at radius 3 is 2.50 bits per heavy atom. The first-order valence-corrected chi connectivity index (χ1v) is 8.43. The fraction of sp³-hybridized carbons (Fsp3) is 0.444. The molecule has 0 amide bonds. The van der Waals surface area contributed by atoms with Crippen molar-refractivity contribution < 1.29 is 20.1 Å². The molecule has 140 valence electrons. The summed E-state index contributed by atoms with van der Waals surface area (Å²) in [7, 11) is 0. The van der Waals surface area contributed by atoms with Crippen LogP contribution in [0, 0.1) is 6.92 Å². The van der Waals surface area contributed by atoms with Crippen LogP contribution in [0.25, 0.3) is 0 Å². The van der Waals surface area contributed by atoms with Crippen LogP contribution < -0.4 is 11.2 Å². The quantitative estimate of drug-likeness (QED) is 0.640. The van der Waals surface area contributed by atoms with Crippen LogP contribution in [-0.4, -0.2) is 49.4 Å². The van der Waals surface area contributed by atoms with Crippen molar-refractivity contribution in [3.05, 3.63) is 68.5 Å². The molecule has 3 rings (SSSR count). The molecule has 8 heteroatoms. The van der Waals surface area contributed by atoms with Gasteiger partial charge in [0.2, 0.25) is 0 Å². The molecular weight excluding hydrogens is 340 g/mol. The Bertz CT molecular complexity index is 890. The number of aryl methyl sites for hydroxylation is 2. The number of rotatable bonds is 5. The molecule has 26 heavy (non-hydrogen) atoms. The maximum absolute atomic E-state index is 12.7. The van der Waals surface area contributed by atoms with E-state index in [4.69, 9.17) is 4.74 Å². The van der Waals surface area contributed by atoms with Crippen molar-refractivity contribution in [2.45, 2.75) is 44.4 Å². The maximum Gasteiger partial charge on any atom is 0.333 e. The van der Waals surface area contributed by atoms with Crippen molar-refractivity contribution in [3.8, 4) is 0 Å². The van der Waals surface area contributed by atoms with Crippen molar-refractivity contribution in [1.82, 2.24) is 9.13 Å². The molecule has 1 aromatic heterocycles. The van der Waals surface area contributed by atoms with Gasteiger partial charge in [0.25, 0.3) is 5.56 Å². The molecule has 1 fully saturated rings. The summed E-state index contributed by atoms with van der Waals surface area (Å²) in [4.78, 5) is 24.9. The van der Waals surface area contributed by atoms with Crippen molar-refractivity contribution >= 4 is 0 Å². The SMILES string of the molecule is Cc1ccccc1CCn1c(=O)ccn([C@@H]2O[C@H](CO)C(O)[C@@H]2O)c1=O. The summed E-state index contributed by atoms with van der Waals surface area (Å²) in [5, 5.41) is 29.2. The molecule has 0 radical (unpaired) electrons. The summed E-state index contributed by atoms with van der Waals surface area (Å²) in [5.74, 6) is 0. The third-order valence-electron chi connectivity index (χ3n) is 4.75. The summed E-state index contributed by atoms with van der Waals surface area (Å²) in [6, 6.07) is 8.93. The molecular formula is C18H22N2O6. The topological polar surface area (TPSA) is 114 Å². The summed E-state index contributed by atoms with van der Waals surface area (Å²) in [5.41, 5.74) is 1.01. The molecule has 0 aliphatic carbocycles. The zero-order chi connectivity index (χ0) is 18.8. The number of hydrogen-bond acceptors (Lipinski definition) is 6. The lowest BCUT2D eigenvalue weighted by molar-refractivity contribution is -0.0556. The van der Waals surface area contributed by atoms with Crippen LogP contribution in [0.3, 0.4) is 0 Å². The van der Waals surface area contributed by atoms with E-state index in [0.717, 1.165) is 20.3 Å². The third kappa shape index (κ3) is 3.36. The predicted octanol–water partition coefficient (Wildman–Crippen LogP) is -0.827. The summed E-state index contributed by atoms with van der Waals surface area (Å²) < 4.78 is 7.52. The van der Waals surface area contributed by atoms with Gasteiger partial charge in [-0.15, -0.1) is 0 Å². The second kappa shape index (κ2) is 7.55. The lowest BCUT2D eigenvalue weighted by Crippen LogP contribution is -2.43. The highest BCUT2D eigenvalue weighted by molar-refractivity contribution is 5.25. The molecule has 1 aliphatic heterocycles. The Kier molecular flexibility index (Phi) is 5.38. The van der Waals surface area contributed by atoms with E-state index in [1.165, 1.54) is 12.3 Å². The van der Waals surface area contributed by atoms with Gasteiger partial charge in [0, 0.05) is 18.8 Å². The van der Waals surface area contributed by atoms with Gasteiger partial charge in [-0.3, -0.25) is 13.9 Å². The van der Waals surface area contributed by atoms with Crippen molar-refractivity contribution in [3.63, 3.8) is 0 Å². The van der Waals surface area contributed by atoms with E-state index in [1.54, 1.807) is 0 Å². The molecule has 4 atom stereocenters. The minimum absolute atomic E-state index is 0.179. The van der Waals surface area contributed by atoms with Crippen LogP contribution in [0.4, 0.5) is 0 Å². The highest BCUT2D eigenvalue weighted by Gasteiger charge is 2.43. The molecule has 1 aromatic carbocycles. The minimum Gasteiger partial charge on any atom is -0.394 e. The molecule has 2 aromatic rings. The minimum atomic E-state index is -1.38. The molecule has 2 heterocycles. The van der Waals surface area contributed by atoms with Crippen LogP contribution >= 0.6 is 0 Å². The van der Waals surface area contributed by atoms with Gasteiger partial charge < -0.3 is 20.1 Å². The fourth-order valence-corrected chi connectivity index (χ4v) is 3.16. The van der Waals surface area contributed by atoms with E-state index < -0.39 is 42.4 Å². The van der Waals surface area contributed by atoms with Gasteiger partial charge in [-0.2, -0.15) is 0 Å². The zero-order valence-electron chi connectivity index (χ0n) is 14.4. The number of hydrogen-bond donors (Lipinski definition) is 3. The van der Waals surface area contributed by atoms with E-state index in [9.17, 15) is 24.9 Å². The van der Waals surface area contributed by atoms with Crippen LogP contribution in [0.5, 0.6) is 0 Å². The highest BCUT2D eigenvalue weighted by atomic mass is 16.6. The lowest BCUT2D eigenvalue weighted by atomic mass is 10.1. The average Bonchev–Trinajstić information content (AvgIpc) is 2.91. The van der Waals surface area contributed by atoms with Crippen LogP contribution in [0.1, 0.15) is 17.4 Å². The first kappa shape index (κ1) is 18.5. The van der Waals surface area contributed by atoms with Crippen molar-refractivity contribution in [2.75, 3.05) is 6.61 Å². The number of nitrogens with zero attached hydrogens (tertiary/aromatic N) is 2. The third-order valence-corrected chi connectivity index (χ3v) is 4.75. The van der Waals surface area contributed by atoms with Gasteiger partial charge in [-0.25, -0.2) is 4.79 Å². The maximum atomic E-state index is 12.7. The zero-order valence-corrected chi connectivity index (χ0v) is 14.4. The Balaban J connectivity index is 1.89. The lowest BCUT2D eigenvalue weighted by Gasteiger charge is -2.18. The fourth-order valence-electron chi connectivity index (χ4n) is 3.16. The predicted molar refractivity (Wildman–Crippen MR) is 92.9 cm³/mol. The molecule has 8 nitrogen and oxygen atoms in total. The van der Waals surface area contributed by atoms with E-state index in [-0.39, 0.29) is 6.54 Å². The monoisotopic (exact) mass is 362 g/mol. The summed E-state index contributed by atoms with van der Waals surface area (Å²) in [6.45, 7) is 1.65. The number of ether oxygens (including phenoxy) is 1. The largest absolute Gasteiger partial charge is 0.394 e. The van der Waals surface area contributed by atoms with Gasteiger partial charge in [-0.05, 0) is 24.5 Å². The molecule has 0 bridgehead atoms. The summed E-state index contributed by atoms with van der Waals surface area (Å²) >= 11 is 0. The highest BCUT2D eigenvalue weighted by Crippen LogP contribution is 2.27. The van der Waals surface area contributed by atoms with Crippen LogP contribution in [-0.2, 0) is 17.7 Å². The number of aromatic nitrogens is 2. The number of aliphatic hydroxyl groups is 3. The van der Waals surface area contributed by atoms with Crippen LogP contribution in [0.15, 0.2) is 46.1 Å². The Hall–Kier alpha value is -2.26. The Labute approximate surface area is 149 Å². The van der Waals surface area contributed by atoms with Gasteiger partial charge in [-0.1, -0.05) is 24.3 Å². The summed E-state index contributed by atoms with van der Waals surface area (Å²) in [6.07, 6.45) is -3.12. The van der Waals surface area contributed by atoms with Crippen molar-refractivity contribution in [2.24, 2.45) is 0 Å². The molecule has 3 N–H and O–H groups in total. The smallest absolute Gasteiger partial charge is 0.333 e. The first-order chi connectivity index (χ1) is 12.4. The standard InChI is InChI=1S/C18H22N2O6/c1-11-4-2-3-5-12(11)6-8-19-14(22)7-9-20(18(19)25)17-16(24)15(23)13(10-21)26-17/h2-5,7,9,13,15-17,21,23-24H,6,8,10H2,1H3/t13-,15?,16+,17-/m1/s1. The molecule has 0 saturated carbocycles. The van der Waals surface area contributed by atoms with E-state index in [0.29, 0.717) is 6.42 Å². The first-order valence-electron chi connectivity index (χ1n) is 8.43. The Morgan fingerprint density at radius 1 is 1.12 bits per heavy atom. The normalized spacial score (nSPS) is 25.5. The molecule has 0 spiro atoms.